The summed E-state index contributed by atoms with van der Waals surface area (Å²) in [4.78, 5) is 8.24. The molecule has 0 saturated heterocycles. The van der Waals surface area contributed by atoms with Crippen molar-refractivity contribution >= 4 is 0 Å². The highest BCUT2D eigenvalue weighted by Gasteiger charge is 2.26. The van der Waals surface area contributed by atoms with Gasteiger partial charge < -0.3 is 9.94 Å². The number of benzene rings is 1. The molecule has 3 aromatic rings. The zero-order valence-electron chi connectivity index (χ0n) is 11.1. The van der Waals surface area contributed by atoms with Crippen LogP contribution >= 0.6 is 0 Å². The van der Waals surface area contributed by atoms with E-state index < -0.39 is 0 Å². The lowest BCUT2D eigenvalue weighted by molar-refractivity contribution is -0.585. The molecule has 0 radical (unpaired) electrons. The summed E-state index contributed by atoms with van der Waals surface area (Å²) in [5.41, 5.74) is 2.94. The lowest BCUT2D eigenvalue weighted by Crippen LogP contribution is -2.36. The summed E-state index contributed by atoms with van der Waals surface area (Å²) in [6.45, 7) is 0.359. The van der Waals surface area contributed by atoms with Crippen LogP contribution in [0.3, 0.4) is 0 Å². The van der Waals surface area contributed by atoms with Crippen molar-refractivity contribution in [3.05, 3.63) is 65.8 Å². The molecule has 2 aromatic heterocycles. The van der Waals surface area contributed by atoms with Crippen molar-refractivity contribution in [3.63, 3.8) is 0 Å². The summed E-state index contributed by atoms with van der Waals surface area (Å²) in [7, 11) is 0. The zero-order valence-corrected chi connectivity index (χ0v) is 11.1. The van der Waals surface area contributed by atoms with E-state index in [-0.39, 0.29) is 0 Å². The van der Waals surface area contributed by atoms with Gasteiger partial charge in [-0.05, 0) is 29.2 Å². The molecule has 0 amide bonds. The van der Waals surface area contributed by atoms with Crippen LogP contribution in [0.15, 0.2) is 55.0 Å². The Hall–Kier alpha value is -2.95. The second kappa shape index (κ2) is 4.56. The molecular weight excluding hydrogens is 266 g/mol. The Morgan fingerprint density at radius 3 is 2.76 bits per heavy atom. The van der Waals surface area contributed by atoms with Crippen LogP contribution in [0.4, 0.5) is 0 Å². The predicted octanol–water partition coefficient (Wildman–Crippen LogP) is 2.34. The molecule has 102 valence electrons. The van der Waals surface area contributed by atoms with Gasteiger partial charge in [0.2, 0.25) is 0 Å². The first-order chi connectivity index (χ1) is 10.3. The Balaban J connectivity index is 1.97. The molecule has 0 bridgehead atoms. The first-order valence-electron chi connectivity index (χ1n) is 6.58. The Morgan fingerprint density at radius 1 is 1.10 bits per heavy atom. The number of nitrogens with zero attached hydrogens (tertiary/aromatic N) is 3. The third-order valence-corrected chi connectivity index (χ3v) is 3.51. The van der Waals surface area contributed by atoms with Crippen LogP contribution in [0.1, 0.15) is 5.56 Å². The van der Waals surface area contributed by atoms with E-state index in [2.05, 4.69) is 9.97 Å². The number of rotatable bonds is 1. The topological polar surface area (TPSA) is 62.0 Å². The summed E-state index contributed by atoms with van der Waals surface area (Å²) in [5, 5.41) is 12.8. The molecule has 0 N–H and O–H groups in total. The molecule has 0 fully saturated rings. The van der Waals surface area contributed by atoms with E-state index in [9.17, 15) is 5.21 Å². The number of aromatic nitrogens is 3. The van der Waals surface area contributed by atoms with Gasteiger partial charge in [0.15, 0.2) is 11.9 Å². The summed E-state index contributed by atoms with van der Waals surface area (Å²) in [5.74, 6) is 1.09. The van der Waals surface area contributed by atoms with Crippen molar-refractivity contribution in [1.29, 1.82) is 0 Å². The van der Waals surface area contributed by atoms with Crippen LogP contribution < -0.4 is 9.47 Å². The zero-order chi connectivity index (χ0) is 14.2. The highest BCUT2D eigenvalue weighted by molar-refractivity contribution is 5.70. The van der Waals surface area contributed by atoms with Crippen molar-refractivity contribution in [2.24, 2.45) is 0 Å². The average Bonchev–Trinajstić information content (AvgIpc) is 2.55. The van der Waals surface area contributed by atoms with Crippen molar-refractivity contribution in [3.8, 4) is 28.4 Å². The molecule has 4 rings (SSSR count). The van der Waals surface area contributed by atoms with E-state index in [1.165, 1.54) is 0 Å². The van der Waals surface area contributed by atoms with Crippen LogP contribution in [0.2, 0.25) is 0 Å². The highest BCUT2D eigenvalue weighted by Crippen LogP contribution is 2.35. The SMILES string of the molecule is [O-][n+]1c(-c2ccncc2)ncc2c1-c1ccccc1OC2. The lowest BCUT2D eigenvalue weighted by Gasteiger charge is -2.22. The first kappa shape index (κ1) is 11.8. The minimum Gasteiger partial charge on any atom is -0.710 e. The molecule has 1 aliphatic heterocycles. The fraction of sp³-hybridized carbons (Fsp3) is 0.0625. The van der Waals surface area contributed by atoms with Crippen LogP contribution in [-0.4, -0.2) is 9.97 Å². The van der Waals surface area contributed by atoms with E-state index in [1.54, 1.807) is 30.7 Å². The molecular formula is C16H11N3O2. The summed E-state index contributed by atoms with van der Waals surface area (Å²) in [6.07, 6.45) is 5.00. The van der Waals surface area contributed by atoms with Gasteiger partial charge in [-0.25, -0.2) is 4.73 Å². The average molecular weight is 277 g/mol. The molecule has 3 heterocycles. The smallest absolute Gasteiger partial charge is 0.333 e. The fourth-order valence-corrected chi connectivity index (χ4v) is 2.51. The maximum atomic E-state index is 12.8. The standard InChI is InChI=1S/C16H11N3O2/c20-19-15-12(10-21-14-4-2-1-3-13(14)15)9-18-16(19)11-5-7-17-8-6-11/h1-9H,10H2. The molecule has 1 aliphatic rings. The van der Waals surface area contributed by atoms with Gasteiger partial charge in [-0.1, -0.05) is 12.1 Å². The minimum absolute atomic E-state index is 0.359. The molecule has 0 aliphatic carbocycles. The van der Waals surface area contributed by atoms with E-state index >= 15 is 0 Å². The maximum absolute atomic E-state index is 12.8. The summed E-state index contributed by atoms with van der Waals surface area (Å²) >= 11 is 0. The number of para-hydroxylation sites is 1. The highest BCUT2D eigenvalue weighted by atomic mass is 16.5. The summed E-state index contributed by atoms with van der Waals surface area (Å²) in [6, 6.07) is 11.1. The van der Waals surface area contributed by atoms with Gasteiger partial charge in [0.05, 0.1) is 16.7 Å². The van der Waals surface area contributed by atoms with Gasteiger partial charge in [-0.2, -0.15) is 0 Å². The fourth-order valence-electron chi connectivity index (χ4n) is 2.51. The Bertz CT molecular complexity index is 819. The van der Waals surface area contributed by atoms with Crippen molar-refractivity contribution in [2.45, 2.75) is 6.61 Å². The number of pyridine rings is 1. The monoisotopic (exact) mass is 277 g/mol. The first-order valence-corrected chi connectivity index (χ1v) is 6.58. The third kappa shape index (κ3) is 1.82. The van der Waals surface area contributed by atoms with Crippen molar-refractivity contribution in [1.82, 2.24) is 9.97 Å². The Labute approximate surface area is 121 Å². The molecule has 0 atom stereocenters. The predicted molar refractivity (Wildman–Crippen MR) is 76.2 cm³/mol. The maximum Gasteiger partial charge on any atom is 0.333 e. The van der Waals surface area contributed by atoms with Gasteiger partial charge in [0.1, 0.15) is 12.4 Å². The second-order valence-corrected chi connectivity index (χ2v) is 4.77. The van der Waals surface area contributed by atoms with Gasteiger partial charge >= 0.3 is 5.82 Å². The number of hydrogen-bond donors (Lipinski definition) is 0. The normalized spacial score (nSPS) is 12.2. The van der Waals surface area contributed by atoms with Crippen molar-refractivity contribution in [2.75, 3.05) is 0 Å². The number of ether oxygens (including phenoxy) is 1. The quantitative estimate of drug-likeness (QED) is 0.506. The van der Waals surface area contributed by atoms with Gasteiger partial charge in [-0.15, -0.1) is 0 Å². The summed E-state index contributed by atoms with van der Waals surface area (Å²) < 4.78 is 6.53. The van der Waals surface area contributed by atoms with Gasteiger partial charge in [0.25, 0.3) is 0 Å². The molecule has 21 heavy (non-hydrogen) atoms. The van der Waals surface area contributed by atoms with Crippen molar-refractivity contribution < 1.29 is 9.47 Å². The van der Waals surface area contributed by atoms with Gasteiger partial charge in [-0.3, -0.25) is 4.98 Å². The van der Waals surface area contributed by atoms with E-state index in [4.69, 9.17) is 4.74 Å². The molecule has 1 aromatic carbocycles. The molecule has 5 nitrogen and oxygen atoms in total. The largest absolute Gasteiger partial charge is 0.710 e. The van der Waals surface area contributed by atoms with Crippen LogP contribution in [0, 0.1) is 5.21 Å². The molecule has 0 spiro atoms. The Morgan fingerprint density at radius 2 is 1.90 bits per heavy atom. The van der Waals surface area contributed by atoms with Crippen LogP contribution in [0.5, 0.6) is 5.75 Å². The molecule has 5 heteroatoms. The van der Waals surface area contributed by atoms with Crippen LogP contribution in [-0.2, 0) is 6.61 Å². The number of hydrogen-bond acceptors (Lipinski definition) is 4. The van der Waals surface area contributed by atoms with E-state index in [0.29, 0.717) is 18.1 Å². The molecule has 0 saturated carbocycles. The lowest BCUT2D eigenvalue weighted by atomic mass is 10.0. The van der Waals surface area contributed by atoms with E-state index in [1.807, 2.05) is 24.3 Å². The minimum atomic E-state index is 0.359. The second-order valence-electron chi connectivity index (χ2n) is 4.77. The van der Waals surface area contributed by atoms with Crippen LogP contribution in [0.25, 0.3) is 22.6 Å². The van der Waals surface area contributed by atoms with E-state index in [0.717, 1.165) is 27.2 Å². The Kier molecular flexibility index (Phi) is 2.57. The third-order valence-electron chi connectivity index (χ3n) is 3.51. The van der Waals surface area contributed by atoms with Gasteiger partial charge in [0, 0.05) is 12.4 Å². The molecule has 0 unspecified atom stereocenters. The number of fused-ring (bicyclic) bond motifs is 3.